The topological polar surface area (TPSA) is 45.1 Å². The lowest BCUT2D eigenvalue weighted by Gasteiger charge is -2.30. The summed E-state index contributed by atoms with van der Waals surface area (Å²) in [6.07, 6.45) is 2.70. The van der Waals surface area contributed by atoms with Crippen LogP contribution >= 0.6 is 0 Å². The summed E-state index contributed by atoms with van der Waals surface area (Å²) in [5, 5.41) is 12.9. The van der Waals surface area contributed by atoms with Gasteiger partial charge in [0.05, 0.1) is 18.3 Å². The average Bonchev–Trinajstić information content (AvgIpc) is 2.38. The van der Waals surface area contributed by atoms with E-state index in [4.69, 9.17) is 0 Å². The summed E-state index contributed by atoms with van der Waals surface area (Å²) in [5.74, 6) is -0.414. The van der Waals surface area contributed by atoms with Gasteiger partial charge in [0.1, 0.15) is 5.82 Å². The number of hydrogen-bond donors (Lipinski definition) is 2. The molecular weight excluding hydrogens is 243 g/mol. The molecule has 2 aromatic rings. The van der Waals surface area contributed by atoms with Crippen LogP contribution in [-0.4, -0.2) is 16.7 Å². The predicted molar refractivity (Wildman–Crippen MR) is 73.4 cm³/mol. The third-order valence-electron chi connectivity index (χ3n) is 3.10. The van der Waals surface area contributed by atoms with E-state index < -0.39 is 11.4 Å². The van der Waals surface area contributed by atoms with Gasteiger partial charge in [0, 0.05) is 17.4 Å². The maximum Gasteiger partial charge on any atom is 0.141 e. The van der Waals surface area contributed by atoms with Gasteiger partial charge in [-0.1, -0.05) is 12.1 Å². The Morgan fingerprint density at radius 1 is 1.32 bits per heavy atom. The number of pyridine rings is 1. The number of rotatable bonds is 4. The van der Waals surface area contributed by atoms with Crippen molar-refractivity contribution in [3.05, 3.63) is 59.7 Å². The van der Waals surface area contributed by atoms with E-state index in [0.29, 0.717) is 5.56 Å². The molecule has 0 saturated carbocycles. The molecular formula is C15H17FN2O. The Morgan fingerprint density at radius 2 is 2.11 bits per heavy atom. The molecule has 0 saturated heterocycles. The Morgan fingerprint density at radius 3 is 2.74 bits per heavy atom. The molecule has 0 amide bonds. The number of aliphatic hydroxyl groups is 1. The zero-order valence-corrected chi connectivity index (χ0v) is 11.0. The highest BCUT2D eigenvalue weighted by molar-refractivity contribution is 5.49. The average molecular weight is 260 g/mol. The van der Waals surface area contributed by atoms with Crippen molar-refractivity contribution in [1.29, 1.82) is 0 Å². The van der Waals surface area contributed by atoms with Crippen LogP contribution in [-0.2, 0) is 5.54 Å². The van der Waals surface area contributed by atoms with Gasteiger partial charge in [-0.2, -0.15) is 0 Å². The van der Waals surface area contributed by atoms with Crippen LogP contribution in [0, 0.1) is 12.7 Å². The number of halogens is 1. The van der Waals surface area contributed by atoms with Crippen molar-refractivity contribution in [3.8, 4) is 0 Å². The van der Waals surface area contributed by atoms with E-state index in [-0.39, 0.29) is 6.61 Å². The Balaban J connectivity index is 2.32. The first-order valence-electron chi connectivity index (χ1n) is 6.10. The second kappa shape index (κ2) is 5.36. The van der Waals surface area contributed by atoms with Crippen molar-refractivity contribution in [2.45, 2.75) is 19.4 Å². The molecule has 1 aromatic carbocycles. The van der Waals surface area contributed by atoms with E-state index >= 15 is 0 Å². The van der Waals surface area contributed by atoms with Crippen molar-refractivity contribution in [3.63, 3.8) is 0 Å². The van der Waals surface area contributed by atoms with E-state index in [1.54, 1.807) is 6.20 Å². The van der Waals surface area contributed by atoms with Crippen molar-refractivity contribution in [2.24, 2.45) is 0 Å². The van der Waals surface area contributed by atoms with E-state index in [9.17, 15) is 9.50 Å². The Kier molecular flexibility index (Phi) is 3.81. The third kappa shape index (κ3) is 3.09. The molecule has 0 aliphatic carbocycles. The van der Waals surface area contributed by atoms with Crippen LogP contribution in [0.5, 0.6) is 0 Å². The van der Waals surface area contributed by atoms with Gasteiger partial charge in [0.15, 0.2) is 0 Å². The quantitative estimate of drug-likeness (QED) is 0.888. The minimum absolute atomic E-state index is 0.161. The molecule has 1 heterocycles. The highest BCUT2D eigenvalue weighted by Crippen LogP contribution is 2.26. The van der Waals surface area contributed by atoms with Gasteiger partial charge < -0.3 is 10.4 Å². The summed E-state index contributed by atoms with van der Waals surface area (Å²) in [6.45, 7) is 3.64. The lowest BCUT2D eigenvalue weighted by Crippen LogP contribution is -2.36. The molecule has 0 aliphatic rings. The first-order valence-corrected chi connectivity index (χ1v) is 6.10. The highest BCUT2D eigenvalue weighted by Gasteiger charge is 2.26. The number of benzene rings is 1. The predicted octanol–water partition coefficient (Wildman–Crippen LogP) is 2.85. The van der Waals surface area contributed by atoms with E-state index in [0.717, 1.165) is 17.4 Å². The molecule has 2 rings (SSSR count). The fourth-order valence-corrected chi connectivity index (χ4v) is 1.96. The molecule has 0 fully saturated rings. The summed E-state index contributed by atoms with van der Waals surface area (Å²) in [7, 11) is 0. The Bertz CT molecular complexity index is 574. The molecule has 4 heteroatoms. The van der Waals surface area contributed by atoms with Crippen molar-refractivity contribution in [2.75, 3.05) is 11.9 Å². The fourth-order valence-electron chi connectivity index (χ4n) is 1.96. The number of nitrogens with zero attached hydrogens (tertiary/aromatic N) is 1. The van der Waals surface area contributed by atoms with Gasteiger partial charge in [-0.15, -0.1) is 0 Å². The first-order chi connectivity index (χ1) is 9.03. The van der Waals surface area contributed by atoms with Gasteiger partial charge in [-0.25, -0.2) is 4.39 Å². The Labute approximate surface area is 112 Å². The van der Waals surface area contributed by atoms with E-state index in [1.165, 1.54) is 6.07 Å². The van der Waals surface area contributed by atoms with Crippen LogP contribution in [0.15, 0.2) is 42.7 Å². The monoisotopic (exact) mass is 260 g/mol. The molecule has 1 atom stereocenters. The van der Waals surface area contributed by atoms with Crippen LogP contribution < -0.4 is 5.32 Å². The summed E-state index contributed by atoms with van der Waals surface area (Å²) in [4.78, 5) is 3.83. The van der Waals surface area contributed by atoms with Crippen LogP contribution in [0.2, 0.25) is 0 Å². The standard InChI is InChI=1S/C15H17FN2O/c1-11-4-3-5-14(6-11)18-15(2,10-19)12-7-13(16)9-17-8-12/h3-9,18-19H,10H2,1-2H3. The lowest BCUT2D eigenvalue weighted by atomic mass is 9.94. The zero-order valence-electron chi connectivity index (χ0n) is 11.0. The number of hydrogen-bond acceptors (Lipinski definition) is 3. The number of anilines is 1. The first kappa shape index (κ1) is 13.5. The van der Waals surface area contributed by atoms with Crippen LogP contribution in [0.4, 0.5) is 10.1 Å². The lowest BCUT2D eigenvalue weighted by molar-refractivity contribution is 0.223. The van der Waals surface area contributed by atoms with Crippen LogP contribution in [0.1, 0.15) is 18.1 Å². The minimum Gasteiger partial charge on any atom is -0.394 e. The van der Waals surface area contributed by atoms with Crippen molar-refractivity contribution in [1.82, 2.24) is 4.98 Å². The molecule has 3 nitrogen and oxygen atoms in total. The largest absolute Gasteiger partial charge is 0.394 e. The molecule has 100 valence electrons. The van der Waals surface area contributed by atoms with Gasteiger partial charge in [0.25, 0.3) is 0 Å². The summed E-state index contributed by atoms with van der Waals surface area (Å²) in [5.41, 5.74) is 1.82. The van der Waals surface area contributed by atoms with Gasteiger partial charge in [-0.05, 0) is 37.6 Å². The summed E-state index contributed by atoms with van der Waals surface area (Å²) < 4.78 is 13.3. The van der Waals surface area contributed by atoms with Gasteiger partial charge >= 0.3 is 0 Å². The van der Waals surface area contributed by atoms with Gasteiger partial charge in [-0.3, -0.25) is 4.98 Å². The zero-order chi connectivity index (χ0) is 13.9. The normalized spacial score (nSPS) is 13.9. The third-order valence-corrected chi connectivity index (χ3v) is 3.10. The smallest absolute Gasteiger partial charge is 0.141 e. The molecule has 0 radical (unpaired) electrons. The number of aliphatic hydroxyl groups excluding tert-OH is 1. The SMILES string of the molecule is Cc1cccc(NC(C)(CO)c2cncc(F)c2)c1. The van der Waals surface area contributed by atoms with Crippen molar-refractivity contribution >= 4 is 5.69 Å². The summed E-state index contributed by atoms with van der Waals surface area (Å²) in [6, 6.07) is 9.19. The Hall–Kier alpha value is -1.94. The fraction of sp³-hybridized carbons (Fsp3) is 0.267. The second-order valence-electron chi connectivity index (χ2n) is 4.88. The van der Waals surface area contributed by atoms with Crippen molar-refractivity contribution < 1.29 is 9.50 Å². The highest BCUT2D eigenvalue weighted by atomic mass is 19.1. The second-order valence-corrected chi connectivity index (χ2v) is 4.88. The van der Waals surface area contributed by atoms with Crippen LogP contribution in [0.3, 0.4) is 0 Å². The van der Waals surface area contributed by atoms with E-state index in [2.05, 4.69) is 10.3 Å². The molecule has 0 spiro atoms. The number of nitrogens with one attached hydrogen (secondary N) is 1. The maximum absolute atomic E-state index is 13.3. The van der Waals surface area contributed by atoms with E-state index in [1.807, 2.05) is 38.1 Å². The molecule has 0 aliphatic heterocycles. The molecule has 1 aromatic heterocycles. The van der Waals surface area contributed by atoms with Crippen LogP contribution in [0.25, 0.3) is 0 Å². The molecule has 2 N–H and O–H groups in total. The molecule has 1 unspecified atom stereocenters. The minimum atomic E-state index is -0.775. The molecule has 0 bridgehead atoms. The number of aromatic nitrogens is 1. The van der Waals surface area contributed by atoms with Gasteiger partial charge in [0.2, 0.25) is 0 Å². The molecule has 19 heavy (non-hydrogen) atoms. The summed E-state index contributed by atoms with van der Waals surface area (Å²) >= 11 is 0. The maximum atomic E-state index is 13.3. The number of aryl methyl sites for hydroxylation is 1.